The summed E-state index contributed by atoms with van der Waals surface area (Å²) in [5.41, 5.74) is 5.09. The van der Waals surface area contributed by atoms with Gasteiger partial charge in [-0.05, 0) is 54.6 Å². The Hall–Kier alpha value is -4.94. The number of methoxy groups -OCH3 is 1. The molecule has 12 heteroatoms. The number of halogens is 2. The summed E-state index contributed by atoms with van der Waals surface area (Å²) in [6, 6.07) is 11.1. The predicted molar refractivity (Wildman–Crippen MR) is 175 cm³/mol. The van der Waals surface area contributed by atoms with Crippen LogP contribution in [0.3, 0.4) is 0 Å². The Labute approximate surface area is 273 Å². The van der Waals surface area contributed by atoms with Crippen LogP contribution in [0.25, 0.3) is 43.9 Å². The molecule has 240 valence electrons. The van der Waals surface area contributed by atoms with E-state index in [2.05, 4.69) is 11.9 Å². The van der Waals surface area contributed by atoms with Crippen LogP contribution in [0.2, 0.25) is 0 Å². The molecule has 0 radical (unpaired) electrons. The van der Waals surface area contributed by atoms with Crippen LogP contribution >= 0.6 is 11.3 Å². The van der Waals surface area contributed by atoms with Crippen molar-refractivity contribution in [3.63, 3.8) is 0 Å². The van der Waals surface area contributed by atoms with E-state index in [0.29, 0.717) is 59.0 Å². The number of nitrogens with zero attached hydrogens (tertiary/aromatic N) is 4. The van der Waals surface area contributed by atoms with E-state index >= 15 is 4.39 Å². The van der Waals surface area contributed by atoms with E-state index in [-0.39, 0.29) is 42.4 Å². The number of benzene rings is 2. The molecule has 0 bridgehead atoms. The zero-order chi connectivity index (χ0) is 32.8. The number of rotatable bonds is 8. The second-order valence-corrected chi connectivity index (χ2v) is 12.3. The maximum absolute atomic E-state index is 16.1. The molecule has 2 amide bonds. The quantitative estimate of drug-likeness (QED) is 0.159. The summed E-state index contributed by atoms with van der Waals surface area (Å²) >= 11 is 1.40. The van der Waals surface area contributed by atoms with Crippen LogP contribution in [0.15, 0.2) is 60.5 Å². The summed E-state index contributed by atoms with van der Waals surface area (Å²) in [4.78, 5) is 32.0. The molecular formula is C35H31F2N5O4S. The van der Waals surface area contributed by atoms with Crippen molar-refractivity contribution in [1.82, 2.24) is 25.0 Å². The van der Waals surface area contributed by atoms with Crippen molar-refractivity contribution >= 4 is 33.2 Å². The summed E-state index contributed by atoms with van der Waals surface area (Å²) < 4.78 is 44.3. The van der Waals surface area contributed by atoms with E-state index in [1.165, 1.54) is 30.6 Å². The van der Waals surface area contributed by atoms with Gasteiger partial charge < -0.3 is 19.7 Å². The van der Waals surface area contributed by atoms with Gasteiger partial charge in [0, 0.05) is 59.1 Å². The Morgan fingerprint density at radius 2 is 1.98 bits per heavy atom. The number of thiophene rings is 1. The first kappa shape index (κ1) is 30.7. The van der Waals surface area contributed by atoms with Crippen molar-refractivity contribution < 1.29 is 27.8 Å². The van der Waals surface area contributed by atoms with Gasteiger partial charge in [0.2, 0.25) is 5.91 Å². The zero-order valence-corrected chi connectivity index (χ0v) is 26.6. The fourth-order valence-electron chi connectivity index (χ4n) is 6.42. The van der Waals surface area contributed by atoms with Gasteiger partial charge in [-0.3, -0.25) is 14.3 Å². The number of carbonyl (C=O) groups is 2. The fraction of sp³-hybridized carbons (Fsp3) is 0.257. The third kappa shape index (κ3) is 5.36. The standard InChI is InChI=1S/C35H31F2N5O4S/c1-4-29(43)41-10-11-42-27(19(41)2)18-26(40-42)33-31(30-25(37)16-22(36)17-28(30)46-13-12-45-3)34-24(8-14-47-34)32(39-33)21-5-6-23-20(15-21)7-9-38-35(23)44/h4-6,8,14-19H,1,7,9-13H2,2-3H3,(H,38,44). The van der Waals surface area contributed by atoms with E-state index in [1.54, 1.807) is 11.0 Å². The predicted octanol–water partition coefficient (Wildman–Crippen LogP) is 6.17. The molecule has 9 nitrogen and oxygen atoms in total. The van der Waals surface area contributed by atoms with E-state index in [4.69, 9.17) is 19.6 Å². The number of nitrogens with one attached hydrogen (secondary N) is 1. The highest BCUT2D eigenvalue weighted by atomic mass is 32.1. The summed E-state index contributed by atoms with van der Waals surface area (Å²) in [6.45, 7) is 7.30. The third-order valence-electron chi connectivity index (χ3n) is 8.68. The van der Waals surface area contributed by atoms with Crippen LogP contribution in [0, 0.1) is 11.6 Å². The van der Waals surface area contributed by atoms with Crippen molar-refractivity contribution in [1.29, 1.82) is 0 Å². The molecule has 1 N–H and O–H groups in total. The van der Waals surface area contributed by atoms with Gasteiger partial charge in [0.25, 0.3) is 5.91 Å². The van der Waals surface area contributed by atoms with Gasteiger partial charge in [-0.2, -0.15) is 5.10 Å². The molecule has 0 fully saturated rings. The van der Waals surface area contributed by atoms with Crippen LogP contribution in [-0.2, 0) is 22.5 Å². The summed E-state index contributed by atoms with van der Waals surface area (Å²) in [7, 11) is 1.52. The number of hydrogen-bond donors (Lipinski definition) is 1. The first-order valence-corrected chi connectivity index (χ1v) is 16.1. The Kier molecular flexibility index (Phi) is 8.06. The molecular weight excluding hydrogens is 624 g/mol. The molecule has 2 aliphatic rings. The van der Waals surface area contributed by atoms with Gasteiger partial charge in [-0.25, -0.2) is 13.8 Å². The highest BCUT2D eigenvalue weighted by Crippen LogP contribution is 2.47. The van der Waals surface area contributed by atoms with Crippen LogP contribution in [0.1, 0.15) is 34.6 Å². The summed E-state index contributed by atoms with van der Waals surface area (Å²) in [5.74, 6) is -1.85. The number of aromatic nitrogens is 3. The highest BCUT2D eigenvalue weighted by molar-refractivity contribution is 7.18. The Morgan fingerprint density at radius 3 is 2.79 bits per heavy atom. The Balaban J connectivity index is 1.49. The Morgan fingerprint density at radius 1 is 1.13 bits per heavy atom. The van der Waals surface area contributed by atoms with Crippen LogP contribution in [0.5, 0.6) is 5.75 Å². The highest BCUT2D eigenvalue weighted by Gasteiger charge is 2.31. The molecule has 5 aromatic rings. The summed E-state index contributed by atoms with van der Waals surface area (Å²) in [6.07, 6.45) is 1.98. The minimum Gasteiger partial charge on any atom is -0.490 e. The lowest BCUT2D eigenvalue weighted by molar-refractivity contribution is -0.129. The van der Waals surface area contributed by atoms with Crippen LogP contribution in [0.4, 0.5) is 8.78 Å². The van der Waals surface area contributed by atoms with Crippen molar-refractivity contribution in [2.75, 3.05) is 33.4 Å². The van der Waals surface area contributed by atoms with Crippen LogP contribution < -0.4 is 10.1 Å². The molecule has 1 unspecified atom stereocenters. The smallest absolute Gasteiger partial charge is 0.251 e. The molecule has 0 saturated heterocycles. The lowest BCUT2D eigenvalue weighted by atomic mass is 9.93. The number of fused-ring (bicyclic) bond motifs is 3. The topological polar surface area (TPSA) is 98.6 Å². The van der Waals surface area contributed by atoms with Crippen molar-refractivity contribution in [3.05, 3.63) is 89.0 Å². The van der Waals surface area contributed by atoms with E-state index in [1.807, 2.05) is 41.3 Å². The average molecular weight is 656 g/mol. The molecule has 47 heavy (non-hydrogen) atoms. The lowest BCUT2D eigenvalue weighted by Crippen LogP contribution is -2.40. The van der Waals surface area contributed by atoms with E-state index in [0.717, 1.165) is 28.3 Å². The fourth-order valence-corrected chi connectivity index (χ4v) is 7.36. The molecule has 2 aliphatic heterocycles. The molecule has 5 heterocycles. The van der Waals surface area contributed by atoms with Crippen molar-refractivity contribution in [2.24, 2.45) is 0 Å². The minimum absolute atomic E-state index is 0.0185. The average Bonchev–Trinajstić information content (AvgIpc) is 3.73. The molecule has 0 saturated carbocycles. The van der Waals surface area contributed by atoms with Gasteiger partial charge >= 0.3 is 0 Å². The van der Waals surface area contributed by atoms with Gasteiger partial charge in [0.15, 0.2) is 0 Å². The van der Waals surface area contributed by atoms with Gasteiger partial charge in [-0.15, -0.1) is 11.3 Å². The monoisotopic (exact) mass is 655 g/mol. The second kappa shape index (κ2) is 12.3. The summed E-state index contributed by atoms with van der Waals surface area (Å²) in [5, 5.41) is 10.5. The third-order valence-corrected chi connectivity index (χ3v) is 9.62. The van der Waals surface area contributed by atoms with E-state index in [9.17, 15) is 14.0 Å². The van der Waals surface area contributed by atoms with Gasteiger partial charge in [0.05, 0.1) is 36.1 Å². The van der Waals surface area contributed by atoms with Crippen LogP contribution in [-0.4, -0.2) is 64.9 Å². The van der Waals surface area contributed by atoms with Gasteiger partial charge in [0.1, 0.15) is 35.4 Å². The van der Waals surface area contributed by atoms with Crippen molar-refractivity contribution in [2.45, 2.75) is 25.9 Å². The molecule has 3 aromatic heterocycles. The molecule has 2 aromatic carbocycles. The normalized spacial score (nSPS) is 15.7. The lowest BCUT2D eigenvalue weighted by Gasteiger charge is -2.33. The number of amides is 2. The maximum atomic E-state index is 16.1. The molecule has 0 aliphatic carbocycles. The molecule has 7 rings (SSSR count). The minimum atomic E-state index is -0.803. The van der Waals surface area contributed by atoms with E-state index < -0.39 is 11.6 Å². The number of hydrogen-bond acceptors (Lipinski definition) is 7. The van der Waals surface area contributed by atoms with Crippen molar-refractivity contribution in [3.8, 4) is 39.5 Å². The number of pyridine rings is 1. The first-order valence-electron chi connectivity index (χ1n) is 15.2. The number of ether oxygens (including phenoxy) is 2. The maximum Gasteiger partial charge on any atom is 0.251 e. The zero-order valence-electron chi connectivity index (χ0n) is 25.8. The molecule has 0 spiro atoms. The first-order chi connectivity index (χ1) is 22.8. The number of carbonyl (C=O) groups excluding carboxylic acids is 2. The Bertz CT molecular complexity index is 2070. The largest absolute Gasteiger partial charge is 0.490 e. The van der Waals surface area contributed by atoms with Gasteiger partial charge in [-0.1, -0.05) is 12.6 Å². The second-order valence-electron chi connectivity index (χ2n) is 11.4. The molecule has 1 atom stereocenters. The SMILES string of the molecule is C=CC(=O)N1CCn2nc(-c3nc(-c4ccc5c(c4)CCNC5=O)c4ccsc4c3-c3c(F)cc(F)cc3OCCOC)cc2C1C.